The van der Waals surface area contributed by atoms with Crippen molar-refractivity contribution in [3.05, 3.63) is 0 Å². The van der Waals surface area contributed by atoms with Gasteiger partial charge in [0, 0.05) is 0 Å². The number of hydrogen-bond donors (Lipinski definition) is 2. The molecule has 0 aromatic rings. The predicted octanol–water partition coefficient (Wildman–Crippen LogP) is 2.09. The lowest BCUT2D eigenvalue weighted by molar-refractivity contribution is 0.0293. The Bertz CT molecular complexity index is 149. The number of aliphatic hydroxyl groups is 2. The molecule has 1 rings (SSSR count). The minimum absolute atomic E-state index is 0.115. The number of hydrogen-bond acceptors (Lipinski definition) is 2. The fraction of sp³-hybridized carbons (Fsp3) is 1.00. The Morgan fingerprint density at radius 2 is 1.85 bits per heavy atom. The van der Waals surface area contributed by atoms with Crippen molar-refractivity contribution in [2.45, 2.75) is 64.1 Å². The van der Waals surface area contributed by atoms with Gasteiger partial charge >= 0.3 is 0 Å². The van der Waals surface area contributed by atoms with Gasteiger partial charge in [0.15, 0.2) is 0 Å². The van der Waals surface area contributed by atoms with Gasteiger partial charge in [-0.15, -0.1) is 0 Å². The van der Waals surface area contributed by atoms with E-state index in [1.807, 2.05) is 13.8 Å². The molecule has 2 heteroatoms. The number of rotatable bonds is 3. The predicted molar refractivity (Wildman–Crippen MR) is 53.5 cm³/mol. The maximum Gasteiger partial charge on any atom is 0.0591 e. The maximum absolute atomic E-state index is 9.68. The molecule has 13 heavy (non-hydrogen) atoms. The molecule has 0 aromatic carbocycles. The molecule has 0 bridgehead atoms. The summed E-state index contributed by atoms with van der Waals surface area (Å²) in [5.74, 6) is 0.431. The summed E-state index contributed by atoms with van der Waals surface area (Å²) in [4.78, 5) is 0. The van der Waals surface area contributed by atoms with E-state index in [1.165, 1.54) is 12.8 Å². The molecule has 1 fully saturated rings. The molecule has 0 heterocycles. The first-order valence-corrected chi connectivity index (χ1v) is 5.39. The first kappa shape index (κ1) is 11.0. The van der Waals surface area contributed by atoms with Crippen molar-refractivity contribution in [1.29, 1.82) is 0 Å². The molecule has 2 atom stereocenters. The number of aliphatic hydroxyl groups excluding tert-OH is 1. The largest absolute Gasteiger partial charge is 0.393 e. The van der Waals surface area contributed by atoms with Gasteiger partial charge in [0.05, 0.1) is 11.7 Å². The smallest absolute Gasteiger partial charge is 0.0591 e. The van der Waals surface area contributed by atoms with Crippen LogP contribution in [0.3, 0.4) is 0 Å². The Kier molecular flexibility index (Phi) is 3.74. The molecule has 2 N–H and O–H groups in total. The van der Waals surface area contributed by atoms with Gasteiger partial charge in [-0.2, -0.15) is 0 Å². The van der Waals surface area contributed by atoms with Gasteiger partial charge in [0.25, 0.3) is 0 Å². The summed E-state index contributed by atoms with van der Waals surface area (Å²) in [5, 5.41) is 19.2. The van der Waals surface area contributed by atoms with Crippen LogP contribution in [0.15, 0.2) is 0 Å². The van der Waals surface area contributed by atoms with Gasteiger partial charge in [-0.3, -0.25) is 0 Å². The van der Waals surface area contributed by atoms with Crippen LogP contribution in [0.1, 0.15) is 52.4 Å². The van der Waals surface area contributed by atoms with E-state index in [1.54, 1.807) is 0 Å². The van der Waals surface area contributed by atoms with Crippen LogP contribution in [-0.2, 0) is 0 Å². The normalized spacial score (nSPS) is 30.5. The fourth-order valence-electron chi connectivity index (χ4n) is 2.06. The van der Waals surface area contributed by atoms with Crippen molar-refractivity contribution >= 4 is 0 Å². The molecule has 0 aromatic heterocycles. The van der Waals surface area contributed by atoms with E-state index in [9.17, 15) is 10.2 Å². The summed E-state index contributed by atoms with van der Waals surface area (Å²) < 4.78 is 0. The van der Waals surface area contributed by atoms with Gasteiger partial charge in [-0.05, 0) is 45.4 Å². The highest BCUT2D eigenvalue weighted by atomic mass is 16.3. The molecule has 1 saturated carbocycles. The van der Waals surface area contributed by atoms with Crippen LogP contribution in [-0.4, -0.2) is 21.9 Å². The second kappa shape index (κ2) is 4.43. The molecule has 1 aliphatic carbocycles. The van der Waals surface area contributed by atoms with E-state index in [-0.39, 0.29) is 6.10 Å². The maximum atomic E-state index is 9.68. The molecule has 1 aliphatic rings. The summed E-state index contributed by atoms with van der Waals surface area (Å²) in [6, 6.07) is 0. The molecule has 0 aliphatic heterocycles. The zero-order valence-electron chi connectivity index (χ0n) is 8.79. The van der Waals surface area contributed by atoms with Crippen molar-refractivity contribution in [3.8, 4) is 0 Å². The molecular formula is C11H22O2. The lowest BCUT2D eigenvalue weighted by Gasteiger charge is -2.29. The third-order valence-electron chi connectivity index (χ3n) is 3.00. The average Bonchev–Trinajstić information content (AvgIpc) is 2.01. The van der Waals surface area contributed by atoms with Crippen molar-refractivity contribution in [2.24, 2.45) is 5.92 Å². The van der Waals surface area contributed by atoms with Crippen LogP contribution in [0.25, 0.3) is 0 Å². The highest BCUT2D eigenvalue weighted by Crippen LogP contribution is 2.29. The van der Waals surface area contributed by atoms with Crippen LogP contribution in [0, 0.1) is 5.92 Å². The standard InChI is InChI=1S/C11H22O2/c1-11(2,13)8-7-9-5-3-4-6-10(9)12/h9-10,12-13H,3-8H2,1-2H3/t9-,10+/m1/s1. The first-order valence-electron chi connectivity index (χ1n) is 5.39. The molecule has 0 amide bonds. The van der Waals surface area contributed by atoms with Crippen LogP contribution in [0.5, 0.6) is 0 Å². The third kappa shape index (κ3) is 4.10. The van der Waals surface area contributed by atoms with Gasteiger partial charge in [0.2, 0.25) is 0 Å². The second-order valence-corrected chi connectivity index (χ2v) is 4.96. The van der Waals surface area contributed by atoms with E-state index in [0.717, 1.165) is 25.7 Å². The molecular weight excluding hydrogens is 164 g/mol. The zero-order chi connectivity index (χ0) is 9.90. The first-order chi connectivity index (χ1) is 5.99. The Labute approximate surface area is 81.0 Å². The van der Waals surface area contributed by atoms with Crippen LogP contribution < -0.4 is 0 Å². The summed E-state index contributed by atoms with van der Waals surface area (Å²) in [6.07, 6.45) is 6.15. The SMILES string of the molecule is CC(C)(O)CC[C@H]1CCCC[C@@H]1O. The van der Waals surface area contributed by atoms with E-state index < -0.39 is 5.60 Å². The summed E-state index contributed by atoms with van der Waals surface area (Å²) >= 11 is 0. The summed E-state index contributed by atoms with van der Waals surface area (Å²) in [7, 11) is 0. The minimum Gasteiger partial charge on any atom is -0.393 e. The fourth-order valence-corrected chi connectivity index (χ4v) is 2.06. The van der Waals surface area contributed by atoms with Gasteiger partial charge < -0.3 is 10.2 Å². The Balaban J connectivity index is 2.27. The Hall–Kier alpha value is -0.0800. The highest BCUT2D eigenvalue weighted by Gasteiger charge is 2.24. The monoisotopic (exact) mass is 186 g/mol. The van der Waals surface area contributed by atoms with Crippen molar-refractivity contribution in [3.63, 3.8) is 0 Å². The van der Waals surface area contributed by atoms with E-state index in [0.29, 0.717) is 5.92 Å². The molecule has 0 spiro atoms. The van der Waals surface area contributed by atoms with Gasteiger partial charge in [-0.25, -0.2) is 0 Å². The molecule has 2 nitrogen and oxygen atoms in total. The quantitative estimate of drug-likeness (QED) is 0.708. The van der Waals surface area contributed by atoms with Gasteiger partial charge in [-0.1, -0.05) is 12.8 Å². The average molecular weight is 186 g/mol. The zero-order valence-corrected chi connectivity index (χ0v) is 8.79. The van der Waals surface area contributed by atoms with E-state index in [4.69, 9.17) is 0 Å². The molecule has 0 radical (unpaired) electrons. The Morgan fingerprint density at radius 3 is 2.38 bits per heavy atom. The van der Waals surface area contributed by atoms with E-state index >= 15 is 0 Å². The van der Waals surface area contributed by atoms with E-state index in [2.05, 4.69) is 0 Å². The van der Waals surface area contributed by atoms with Crippen LogP contribution >= 0.6 is 0 Å². The third-order valence-corrected chi connectivity index (χ3v) is 3.00. The highest BCUT2D eigenvalue weighted by molar-refractivity contribution is 4.77. The summed E-state index contributed by atoms with van der Waals surface area (Å²) in [6.45, 7) is 3.67. The van der Waals surface area contributed by atoms with Gasteiger partial charge in [0.1, 0.15) is 0 Å². The molecule has 0 unspecified atom stereocenters. The lowest BCUT2D eigenvalue weighted by atomic mass is 9.82. The topological polar surface area (TPSA) is 40.5 Å². The van der Waals surface area contributed by atoms with Crippen molar-refractivity contribution in [1.82, 2.24) is 0 Å². The second-order valence-electron chi connectivity index (χ2n) is 4.96. The lowest BCUT2D eigenvalue weighted by Crippen LogP contribution is -2.27. The van der Waals surface area contributed by atoms with Crippen LogP contribution in [0.2, 0.25) is 0 Å². The summed E-state index contributed by atoms with van der Waals surface area (Å²) in [5.41, 5.74) is -0.572. The van der Waals surface area contributed by atoms with Crippen LogP contribution in [0.4, 0.5) is 0 Å². The van der Waals surface area contributed by atoms with Crippen molar-refractivity contribution in [2.75, 3.05) is 0 Å². The minimum atomic E-state index is -0.572. The Morgan fingerprint density at radius 1 is 1.23 bits per heavy atom. The molecule has 0 saturated heterocycles. The molecule has 78 valence electrons. The van der Waals surface area contributed by atoms with Crippen molar-refractivity contribution < 1.29 is 10.2 Å².